The molecular weight excluding hydrogens is 1020 g/mol. The average molecular weight is 1100 g/mol. The highest BCUT2D eigenvalue weighted by molar-refractivity contribution is 7.99. The molecule has 0 unspecified atom stereocenters. The number of aromatic nitrogens is 3. The quantitative estimate of drug-likeness (QED) is 0.115. The Morgan fingerprint density at radius 1 is 0.617 bits per heavy atom. The van der Waals surface area contributed by atoms with Crippen molar-refractivity contribution in [2.45, 2.75) is 82.8 Å². The number of likely N-dealkylation sites (N-methyl/N-ethyl adjacent to an activating group) is 1. The van der Waals surface area contributed by atoms with Crippen molar-refractivity contribution in [3.63, 3.8) is 0 Å². The summed E-state index contributed by atoms with van der Waals surface area (Å²) in [6, 6.07) is 40.5. The number of hydrogen-bond donors (Lipinski definition) is 1. The number of ether oxygens (including phenoxy) is 1. The van der Waals surface area contributed by atoms with E-state index in [1.54, 1.807) is 23.9 Å². The van der Waals surface area contributed by atoms with Crippen LogP contribution in [0.3, 0.4) is 0 Å². The summed E-state index contributed by atoms with van der Waals surface area (Å²) in [6.07, 6.45) is 18.0. The van der Waals surface area contributed by atoms with E-state index in [1.807, 2.05) is 12.1 Å². The van der Waals surface area contributed by atoms with Crippen molar-refractivity contribution < 1.29 is 28.3 Å². The maximum Gasteiger partial charge on any atom is 0.335 e. The number of allylic oxidation sites excluding steroid dienone is 2. The summed E-state index contributed by atoms with van der Waals surface area (Å²) in [5, 5.41) is 11.9. The molecule has 3 aromatic heterocycles. The van der Waals surface area contributed by atoms with E-state index in [0.717, 1.165) is 112 Å². The Morgan fingerprint density at radius 2 is 1.16 bits per heavy atom. The van der Waals surface area contributed by atoms with E-state index in [0.29, 0.717) is 6.54 Å². The van der Waals surface area contributed by atoms with Crippen molar-refractivity contribution in [1.82, 2.24) is 4.58 Å². The Hall–Kier alpha value is -8.48. The third-order valence-electron chi connectivity index (χ3n) is 16.4. The predicted octanol–water partition coefficient (Wildman–Crippen LogP) is 11.1. The van der Waals surface area contributed by atoms with Crippen LogP contribution in [0.1, 0.15) is 92.2 Å². The number of carboxylic acids is 1. The minimum absolute atomic E-state index is 0.230. The molecule has 0 aliphatic carbocycles. The van der Waals surface area contributed by atoms with Gasteiger partial charge in [-0.1, -0.05) is 48.2 Å². The number of hydrogen-bond acceptors (Lipinski definition) is 7. The zero-order valence-electron chi connectivity index (χ0n) is 49.3. The molecule has 410 valence electrons. The monoisotopic (exact) mass is 1090 g/mol. The van der Waals surface area contributed by atoms with E-state index >= 15 is 0 Å². The van der Waals surface area contributed by atoms with E-state index < -0.39 is 11.5 Å². The molecule has 0 bridgehead atoms. The Bertz CT molecular complexity index is 4010. The average Bonchev–Trinajstić information content (AvgIpc) is 2.09. The van der Waals surface area contributed by atoms with Crippen LogP contribution >= 0.6 is 11.8 Å². The van der Waals surface area contributed by atoms with Gasteiger partial charge in [-0.3, -0.25) is 0 Å². The van der Waals surface area contributed by atoms with Gasteiger partial charge in [0, 0.05) is 171 Å². The van der Waals surface area contributed by atoms with E-state index in [1.165, 1.54) is 16.7 Å². The smallest absolute Gasteiger partial charge is 0.335 e. The lowest BCUT2D eigenvalue weighted by atomic mass is 9.82. The second kappa shape index (κ2) is 20.9. The molecule has 0 saturated heterocycles. The van der Waals surface area contributed by atoms with Gasteiger partial charge in [-0.25, -0.2) is 9.37 Å². The summed E-state index contributed by atoms with van der Waals surface area (Å²) >= 11 is 1.78. The molecule has 0 saturated carbocycles. The highest BCUT2D eigenvalue weighted by atomic mass is 32.2. The number of anilines is 4. The standard InChI is InChI=1S/C69H73N8O3S/c1-15-76-57-39-59-55(37-53(57)44(2)41-68(76,5)6)62(56-38-54-45(3)42-69(7,8)77(58(54)40-60(56)80-59)43-47-21-23-48(24-22-47)67(78)79)61-46(4)63(73-31-25-49(26-32-73)70(9)10)65(75-35-29-51(30-36-75)72(13)14)66(81-52-19-17-16-18-20-52)64(61)74-33-27-50(28-34-74)71(11)12/h16-42H,15,43H2,1-14H3/q+3/p+1. The zero-order chi connectivity index (χ0) is 57.4. The van der Waals surface area contributed by atoms with Crippen LogP contribution in [-0.4, -0.2) is 71.0 Å². The zero-order valence-corrected chi connectivity index (χ0v) is 50.1. The van der Waals surface area contributed by atoms with Crippen LogP contribution < -0.4 is 53.2 Å². The molecule has 0 atom stereocenters. The van der Waals surface area contributed by atoms with Crippen LogP contribution in [0.2, 0.25) is 0 Å². The fraction of sp³-hybridized carbons (Fsp3) is 0.261. The third-order valence-corrected chi connectivity index (χ3v) is 17.5. The van der Waals surface area contributed by atoms with Gasteiger partial charge in [0.05, 0.1) is 22.7 Å². The molecule has 1 N–H and O–H groups in total. The van der Waals surface area contributed by atoms with Crippen molar-refractivity contribution in [3.8, 4) is 28.6 Å². The van der Waals surface area contributed by atoms with Gasteiger partial charge in [-0.05, 0) is 95.2 Å². The maximum atomic E-state index is 12.0. The van der Waals surface area contributed by atoms with Crippen molar-refractivity contribution in [3.05, 3.63) is 214 Å². The second-order valence-electron chi connectivity index (χ2n) is 23.4. The summed E-state index contributed by atoms with van der Waals surface area (Å²) in [5.74, 6) is 0.610. The molecule has 0 spiro atoms. The van der Waals surface area contributed by atoms with Gasteiger partial charge >= 0.3 is 11.7 Å². The Labute approximate surface area is 481 Å². The summed E-state index contributed by atoms with van der Waals surface area (Å²) in [6.45, 7) is 19.5. The van der Waals surface area contributed by atoms with Crippen molar-refractivity contribution >= 4 is 57.2 Å². The summed E-state index contributed by atoms with van der Waals surface area (Å²) in [5.41, 5.74) is 17.1. The number of rotatable bonds is 13. The lowest BCUT2D eigenvalue weighted by Crippen LogP contribution is -2.49. The maximum absolute atomic E-state index is 12.0. The number of nitrogens with zero attached hydrogens (tertiary/aromatic N) is 8. The fourth-order valence-electron chi connectivity index (χ4n) is 12.3. The normalized spacial score (nSPS) is 14.7. The van der Waals surface area contributed by atoms with Gasteiger partial charge in [-0.2, -0.15) is 13.7 Å². The molecule has 0 amide bonds. The third kappa shape index (κ3) is 9.83. The number of aromatic carboxylic acids is 1. The van der Waals surface area contributed by atoms with E-state index in [9.17, 15) is 9.90 Å². The predicted molar refractivity (Wildman–Crippen MR) is 330 cm³/mol. The molecule has 3 aliphatic rings. The van der Waals surface area contributed by atoms with Gasteiger partial charge in [0.2, 0.25) is 11.0 Å². The van der Waals surface area contributed by atoms with Crippen LogP contribution in [0.4, 0.5) is 22.7 Å². The first-order valence-electron chi connectivity index (χ1n) is 27.8. The van der Waals surface area contributed by atoms with Gasteiger partial charge in [-0.15, -0.1) is 0 Å². The molecule has 8 aromatic rings. The molecule has 3 aliphatic heterocycles. The van der Waals surface area contributed by atoms with Crippen molar-refractivity contribution in [2.75, 3.05) is 68.4 Å². The SMILES string of the molecule is CCN1c2cc3c(cc2C(C)=CC1(C)C)C(c1c(C)c(-[n+]2ccc(N(C)C)cc2)c(-[n+]2ccc(N(C)C)cc2)c(Sc2ccccc2)c1-[n+]1ccc(N(C)C)cc1)=c1cc2c(cc1O3)=[N+](Cc1ccc(C(=O)O)cc1)C(C)(C)C=C2C. The molecule has 0 radical (unpaired) electrons. The van der Waals surface area contributed by atoms with Gasteiger partial charge in [0.1, 0.15) is 11.5 Å². The summed E-state index contributed by atoms with van der Waals surface area (Å²) < 4.78 is 16.9. The van der Waals surface area contributed by atoms with E-state index in [4.69, 9.17) is 4.74 Å². The van der Waals surface area contributed by atoms with E-state index in [2.05, 4.69) is 276 Å². The van der Waals surface area contributed by atoms with Gasteiger partial charge in [0.25, 0.3) is 5.69 Å². The Balaban J connectivity index is 1.36. The molecule has 81 heavy (non-hydrogen) atoms. The van der Waals surface area contributed by atoms with E-state index in [-0.39, 0.29) is 11.1 Å². The topological polar surface area (TPSA) is 74.1 Å². The summed E-state index contributed by atoms with van der Waals surface area (Å²) in [4.78, 5) is 23.1. The van der Waals surface area contributed by atoms with Crippen molar-refractivity contribution in [2.24, 2.45) is 0 Å². The lowest BCUT2D eigenvalue weighted by Gasteiger charge is -2.43. The minimum Gasteiger partial charge on any atom is -0.478 e. The van der Waals surface area contributed by atoms with Gasteiger partial charge < -0.3 is 29.4 Å². The van der Waals surface area contributed by atoms with Crippen molar-refractivity contribution in [1.29, 1.82) is 0 Å². The number of benzene rings is 5. The first-order chi connectivity index (χ1) is 38.6. The first-order valence-corrected chi connectivity index (χ1v) is 28.7. The lowest BCUT2D eigenvalue weighted by molar-refractivity contribution is -0.637. The molecular formula is C69H74N8O3S+4. The number of fused-ring (bicyclic) bond motifs is 4. The Morgan fingerprint density at radius 3 is 1.70 bits per heavy atom. The van der Waals surface area contributed by atoms with Crippen LogP contribution in [0.15, 0.2) is 174 Å². The highest BCUT2D eigenvalue weighted by Crippen LogP contribution is 2.50. The molecule has 5 aromatic carbocycles. The highest BCUT2D eigenvalue weighted by Gasteiger charge is 2.43. The molecule has 11 nitrogen and oxygen atoms in total. The van der Waals surface area contributed by atoms with Crippen LogP contribution in [0.5, 0.6) is 11.5 Å². The van der Waals surface area contributed by atoms with Crippen LogP contribution in [-0.2, 0) is 6.54 Å². The van der Waals surface area contributed by atoms with Gasteiger partial charge in [0.15, 0.2) is 54.2 Å². The molecule has 11 rings (SSSR count). The molecule has 12 heteroatoms. The van der Waals surface area contributed by atoms with Crippen LogP contribution in [0.25, 0.3) is 33.8 Å². The number of carboxylic acid groups (broad SMARTS) is 1. The van der Waals surface area contributed by atoms with Crippen LogP contribution in [0, 0.1) is 6.92 Å². The fourth-order valence-corrected chi connectivity index (χ4v) is 13.4. The minimum atomic E-state index is -0.939. The second-order valence-corrected chi connectivity index (χ2v) is 24.5. The largest absolute Gasteiger partial charge is 0.478 e. The summed E-state index contributed by atoms with van der Waals surface area (Å²) in [7, 11) is 12.5. The number of carbonyl (C=O) groups is 1. The molecule has 0 fully saturated rings. The number of pyridine rings is 3. The Kier molecular flexibility index (Phi) is 14.0. The molecule has 6 heterocycles. The first kappa shape index (κ1) is 54.5.